The van der Waals surface area contributed by atoms with Crippen LogP contribution in [0, 0.1) is 5.92 Å². The highest BCUT2D eigenvalue weighted by Crippen LogP contribution is 2.36. The highest BCUT2D eigenvalue weighted by Gasteiger charge is 2.42. The lowest BCUT2D eigenvalue weighted by atomic mass is 9.85. The van der Waals surface area contributed by atoms with Gasteiger partial charge in [0.15, 0.2) is 0 Å². The number of halogens is 6. The van der Waals surface area contributed by atoms with Gasteiger partial charge >= 0.3 is 12.4 Å². The largest absolute Gasteiger partial charge is 0.496 e. The van der Waals surface area contributed by atoms with Crippen molar-refractivity contribution in [2.24, 2.45) is 5.92 Å². The first-order valence-corrected chi connectivity index (χ1v) is 13.5. The number of nitrogens with zero attached hydrogens (tertiary/aromatic N) is 2. The van der Waals surface area contributed by atoms with Crippen molar-refractivity contribution in [1.29, 1.82) is 0 Å². The molecule has 3 heterocycles. The summed E-state index contributed by atoms with van der Waals surface area (Å²) < 4.78 is 80.3. The number of likely N-dealkylation sites (tertiary alicyclic amines) is 1. The lowest BCUT2D eigenvalue weighted by Gasteiger charge is -2.40. The summed E-state index contributed by atoms with van der Waals surface area (Å²) in [5.74, 6) is -1.13. The van der Waals surface area contributed by atoms with Gasteiger partial charge in [-0.1, -0.05) is 18.9 Å². The van der Waals surface area contributed by atoms with E-state index in [0.29, 0.717) is 56.5 Å². The summed E-state index contributed by atoms with van der Waals surface area (Å²) in [6.07, 6.45) is -4.68. The predicted molar refractivity (Wildman–Crippen MR) is 140 cm³/mol. The summed E-state index contributed by atoms with van der Waals surface area (Å²) in [5, 5.41) is 4.20. The third-order valence-corrected chi connectivity index (χ3v) is 7.17. The molecule has 1 aliphatic rings. The average Bonchev–Trinajstić information content (AvgIpc) is 3.38. The SMILES string of the molecule is C=C(C)CCNC(=O)[C@@H]1CCCN(C(=O)c2ncccc2C(F)(F)F)[C@@H]1CCC.COc1csc(C(F)(F)F)c1. The fourth-order valence-electron chi connectivity index (χ4n) is 4.31. The van der Waals surface area contributed by atoms with E-state index in [1.54, 1.807) is 0 Å². The van der Waals surface area contributed by atoms with Gasteiger partial charge < -0.3 is 15.0 Å². The third kappa shape index (κ3) is 9.24. The number of rotatable bonds is 8. The molecule has 0 aliphatic carbocycles. The van der Waals surface area contributed by atoms with E-state index in [1.807, 2.05) is 13.8 Å². The maximum atomic E-state index is 13.3. The van der Waals surface area contributed by atoms with Crippen molar-refractivity contribution in [2.75, 3.05) is 20.2 Å². The van der Waals surface area contributed by atoms with Crippen LogP contribution >= 0.6 is 11.3 Å². The molecule has 6 nitrogen and oxygen atoms in total. The maximum Gasteiger partial charge on any atom is 0.425 e. The maximum absolute atomic E-state index is 13.3. The van der Waals surface area contributed by atoms with Crippen LogP contribution in [0.2, 0.25) is 0 Å². The topological polar surface area (TPSA) is 71.5 Å². The van der Waals surface area contributed by atoms with Gasteiger partial charge in [-0.15, -0.1) is 17.9 Å². The minimum absolute atomic E-state index is 0.167. The Morgan fingerprint density at radius 1 is 1.23 bits per heavy atom. The van der Waals surface area contributed by atoms with Crippen LogP contribution in [-0.4, -0.2) is 47.9 Å². The zero-order chi connectivity index (χ0) is 30.1. The second-order valence-corrected chi connectivity index (χ2v) is 10.3. The smallest absolute Gasteiger partial charge is 0.425 e. The van der Waals surface area contributed by atoms with E-state index in [-0.39, 0.29) is 11.7 Å². The van der Waals surface area contributed by atoms with E-state index >= 15 is 0 Å². The van der Waals surface area contributed by atoms with Crippen LogP contribution in [0.25, 0.3) is 0 Å². The van der Waals surface area contributed by atoms with Crippen molar-refractivity contribution in [1.82, 2.24) is 15.2 Å². The number of piperidine rings is 1. The lowest BCUT2D eigenvalue weighted by Crippen LogP contribution is -2.53. The first-order valence-electron chi connectivity index (χ1n) is 12.7. The number of carbonyl (C=O) groups is 2. The van der Waals surface area contributed by atoms with Gasteiger partial charge in [0.05, 0.1) is 18.6 Å². The number of aromatic nitrogens is 1. The summed E-state index contributed by atoms with van der Waals surface area (Å²) in [6, 6.07) is 2.55. The van der Waals surface area contributed by atoms with Gasteiger partial charge in [0.1, 0.15) is 16.3 Å². The van der Waals surface area contributed by atoms with Crippen molar-refractivity contribution in [3.63, 3.8) is 0 Å². The molecule has 3 rings (SSSR count). The third-order valence-electron chi connectivity index (χ3n) is 6.22. The molecule has 0 bridgehead atoms. The highest BCUT2D eigenvalue weighted by molar-refractivity contribution is 7.10. The monoisotopic (exact) mass is 593 g/mol. The van der Waals surface area contributed by atoms with Crippen LogP contribution in [0.15, 0.2) is 41.9 Å². The lowest BCUT2D eigenvalue weighted by molar-refractivity contribution is -0.138. The minimum Gasteiger partial charge on any atom is -0.496 e. The normalized spacial score (nSPS) is 17.5. The molecule has 0 radical (unpaired) electrons. The van der Waals surface area contributed by atoms with Crippen molar-refractivity contribution in [3.05, 3.63) is 58.1 Å². The van der Waals surface area contributed by atoms with Gasteiger partial charge in [-0.05, 0) is 44.7 Å². The number of hydrogen-bond donors (Lipinski definition) is 1. The Hall–Kier alpha value is -3.09. The number of carbonyl (C=O) groups excluding carboxylic acids is 2. The Morgan fingerprint density at radius 3 is 2.45 bits per heavy atom. The number of methoxy groups -OCH3 is 1. The summed E-state index contributed by atoms with van der Waals surface area (Å²) >= 11 is 0.631. The standard InChI is InChI=1S/C21H28F3N3O2.C6H5F3OS/c1-4-7-17-15(19(28)26-12-10-14(2)3)8-6-13-27(17)20(29)18-16(21(22,23)24)9-5-11-25-18;1-10-4-2-5(11-3-4)6(7,8)9/h5,9,11,15,17H,2,4,6-8,10,12-13H2,1,3H3,(H,26,28);2-3H,1H3/t15-,17-;/m1./s1. The van der Waals surface area contributed by atoms with E-state index in [2.05, 4.69) is 21.6 Å². The van der Waals surface area contributed by atoms with Crippen molar-refractivity contribution >= 4 is 23.2 Å². The predicted octanol–water partition coefficient (Wildman–Crippen LogP) is 6.98. The Morgan fingerprint density at radius 2 is 1.93 bits per heavy atom. The van der Waals surface area contributed by atoms with E-state index in [1.165, 1.54) is 23.6 Å². The average molecular weight is 594 g/mol. The molecule has 13 heteroatoms. The van der Waals surface area contributed by atoms with Crippen molar-refractivity contribution in [3.8, 4) is 5.75 Å². The van der Waals surface area contributed by atoms with Gasteiger partial charge in [-0.2, -0.15) is 26.3 Å². The number of nitrogens with one attached hydrogen (secondary N) is 1. The molecule has 1 N–H and O–H groups in total. The Balaban J connectivity index is 0.000000425. The molecule has 0 saturated carbocycles. The van der Waals surface area contributed by atoms with Gasteiger partial charge in [-0.3, -0.25) is 14.6 Å². The van der Waals surface area contributed by atoms with Crippen LogP contribution in [0.3, 0.4) is 0 Å². The van der Waals surface area contributed by atoms with Crippen LogP contribution in [0.1, 0.15) is 66.9 Å². The molecule has 0 spiro atoms. The van der Waals surface area contributed by atoms with Gasteiger partial charge in [0.25, 0.3) is 5.91 Å². The second-order valence-electron chi connectivity index (χ2n) is 9.35. The van der Waals surface area contributed by atoms with Crippen LogP contribution in [0.4, 0.5) is 26.3 Å². The Labute approximate surface area is 233 Å². The Kier molecular flexibility index (Phi) is 12.0. The molecular formula is C27H33F6N3O3S. The molecule has 2 atom stereocenters. The number of ether oxygens (including phenoxy) is 1. The summed E-state index contributed by atoms with van der Waals surface area (Å²) in [5.41, 5.74) is -0.705. The molecular weight excluding hydrogens is 560 g/mol. The molecule has 1 aliphatic heterocycles. The number of alkyl halides is 6. The molecule has 1 fully saturated rings. The molecule has 2 aromatic rings. The summed E-state index contributed by atoms with van der Waals surface area (Å²) in [4.78, 5) is 30.3. The zero-order valence-electron chi connectivity index (χ0n) is 22.5. The number of amides is 2. The Bertz CT molecular complexity index is 1150. The highest BCUT2D eigenvalue weighted by atomic mass is 32.1. The number of pyridine rings is 1. The van der Waals surface area contributed by atoms with E-state index in [0.717, 1.165) is 23.8 Å². The molecule has 2 aromatic heterocycles. The quantitative estimate of drug-likeness (QED) is 0.265. The fraction of sp³-hybridized carbons (Fsp3) is 0.519. The molecule has 1 saturated heterocycles. The zero-order valence-corrected chi connectivity index (χ0v) is 23.3. The molecule has 222 valence electrons. The first kappa shape index (κ1) is 33.1. The summed E-state index contributed by atoms with van der Waals surface area (Å²) in [6.45, 7) is 8.37. The van der Waals surface area contributed by atoms with Crippen LogP contribution in [0.5, 0.6) is 5.75 Å². The number of thiophene rings is 1. The summed E-state index contributed by atoms with van der Waals surface area (Å²) in [7, 11) is 1.34. The van der Waals surface area contributed by atoms with Gasteiger partial charge in [-0.25, -0.2) is 0 Å². The minimum atomic E-state index is -4.67. The van der Waals surface area contributed by atoms with Crippen molar-refractivity contribution in [2.45, 2.75) is 64.3 Å². The van der Waals surface area contributed by atoms with Crippen molar-refractivity contribution < 1.29 is 40.7 Å². The molecule has 0 unspecified atom stereocenters. The van der Waals surface area contributed by atoms with E-state index in [9.17, 15) is 35.9 Å². The fourth-order valence-corrected chi connectivity index (χ4v) is 5.04. The van der Waals surface area contributed by atoms with Gasteiger partial charge in [0, 0.05) is 36.8 Å². The van der Waals surface area contributed by atoms with Crippen LogP contribution in [-0.2, 0) is 17.1 Å². The second kappa shape index (κ2) is 14.5. The molecule has 0 aromatic carbocycles. The van der Waals surface area contributed by atoms with E-state index < -0.39 is 46.4 Å². The van der Waals surface area contributed by atoms with Crippen LogP contribution < -0.4 is 10.1 Å². The molecule has 40 heavy (non-hydrogen) atoms. The van der Waals surface area contributed by atoms with E-state index in [4.69, 9.17) is 0 Å². The number of hydrogen-bond acceptors (Lipinski definition) is 5. The van der Waals surface area contributed by atoms with Gasteiger partial charge in [0.2, 0.25) is 5.91 Å². The molecule has 2 amide bonds. The first-order chi connectivity index (χ1) is 18.7.